The van der Waals surface area contributed by atoms with Crippen LogP contribution in [0.2, 0.25) is 5.02 Å². The van der Waals surface area contributed by atoms with Gasteiger partial charge in [0.1, 0.15) is 6.04 Å². The van der Waals surface area contributed by atoms with Gasteiger partial charge >= 0.3 is 0 Å². The maximum atomic E-state index is 12.4. The van der Waals surface area contributed by atoms with E-state index in [4.69, 9.17) is 16.7 Å². The second-order valence-corrected chi connectivity index (χ2v) is 5.67. The van der Waals surface area contributed by atoms with E-state index in [1.165, 1.54) is 0 Å². The molecule has 0 spiro atoms. The highest BCUT2D eigenvalue weighted by molar-refractivity contribution is 6.30. The Morgan fingerprint density at radius 2 is 1.71 bits per heavy atom. The molecule has 1 atom stereocenters. The molecule has 0 aliphatic heterocycles. The number of nitrogens with one attached hydrogen (secondary N) is 2. The fourth-order valence-electron chi connectivity index (χ4n) is 2.20. The molecule has 3 N–H and O–H groups in total. The van der Waals surface area contributed by atoms with Crippen LogP contribution in [0.15, 0.2) is 54.6 Å². The zero-order valence-corrected chi connectivity index (χ0v) is 13.8. The zero-order chi connectivity index (χ0) is 17.4. The smallest absolute Gasteiger partial charge is 0.251 e. The van der Waals surface area contributed by atoms with Gasteiger partial charge in [-0.2, -0.15) is 0 Å². The van der Waals surface area contributed by atoms with E-state index in [0.717, 1.165) is 5.56 Å². The second-order valence-electron chi connectivity index (χ2n) is 5.24. The first-order chi connectivity index (χ1) is 11.6. The molecule has 0 bridgehead atoms. The molecule has 126 valence electrons. The SMILES string of the molecule is O=C(N[C@H](Cc1ccccc1)C(=O)NCCO)c1ccc(Cl)cc1. The van der Waals surface area contributed by atoms with E-state index in [9.17, 15) is 9.59 Å². The fraction of sp³-hybridized carbons (Fsp3) is 0.222. The molecule has 0 aliphatic rings. The lowest BCUT2D eigenvalue weighted by atomic mass is 10.0. The van der Waals surface area contributed by atoms with Gasteiger partial charge in [-0.25, -0.2) is 0 Å². The van der Waals surface area contributed by atoms with E-state index in [2.05, 4.69) is 10.6 Å². The predicted octanol–water partition coefficient (Wildman–Crippen LogP) is 1.79. The van der Waals surface area contributed by atoms with Crippen molar-refractivity contribution in [3.63, 3.8) is 0 Å². The van der Waals surface area contributed by atoms with Crippen LogP contribution in [0.1, 0.15) is 15.9 Å². The monoisotopic (exact) mass is 346 g/mol. The van der Waals surface area contributed by atoms with Crippen LogP contribution in [0.4, 0.5) is 0 Å². The summed E-state index contributed by atoms with van der Waals surface area (Å²) in [6.07, 6.45) is 0.359. The summed E-state index contributed by atoms with van der Waals surface area (Å²) >= 11 is 5.82. The molecule has 0 unspecified atom stereocenters. The molecule has 2 rings (SSSR count). The fourth-order valence-corrected chi connectivity index (χ4v) is 2.33. The van der Waals surface area contributed by atoms with E-state index in [1.54, 1.807) is 24.3 Å². The minimum absolute atomic E-state index is 0.140. The lowest BCUT2D eigenvalue weighted by molar-refractivity contribution is -0.123. The van der Waals surface area contributed by atoms with E-state index >= 15 is 0 Å². The molecular weight excluding hydrogens is 328 g/mol. The number of hydrogen-bond acceptors (Lipinski definition) is 3. The van der Waals surface area contributed by atoms with Gasteiger partial charge in [0.15, 0.2) is 0 Å². The Morgan fingerprint density at radius 1 is 1.04 bits per heavy atom. The Morgan fingerprint density at radius 3 is 2.33 bits per heavy atom. The average Bonchev–Trinajstić information content (AvgIpc) is 2.60. The Bertz CT molecular complexity index is 674. The number of rotatable bonds is 7. The number of carbonyl (C=O) groups excluding carboxylic acids is 2. The maximum Gasteiger partial charge on any atom is 0.251 e. The summed E-state index contributed by atoms with van der Waals surface area (Å²) in [6, 6.07) is 15.1. The Labute approximate surface area is 145 Å². The summed E-state index contributed by atoms with van der Waals surface area (Å²) < 4.78 is 0. The van der Waals surface area contributed by atoms with Gasteiger partial charge in [0.2, 0.25) is 5.91 Å². The van der Waals surface area contributed by atoms with E-state index in [-0.39, 0.29) is 25.0 Å². The summed E-state index contributed by atoms with van der Waals surface area (Å²) in [6.45, 7) is -0.0180. The first kappa shape index (κ1) is 18.0. The van der Waals surface area contributed by atoms with Crippen molar-refractivity contribution in [1.29, 1.82) is 0 Å². The largest absolute Gasteiger partial charge is 0.395 e. The van der Waals surface area contributed by atoms with Gasteiger partial charge in [0.05, 0.1) is 6.61 Å². The van der Waals surface area contributed by atoms with Crippen molar-refractivity contribution in [1.82, 2.24) is 10.6 Å². The molecule has 2 aromatic carbocycles. The zero-order valence-electron chi connectivity index (χ0n) is 13.0. The lowest BCUT2D eigenvalue weighted by Crippen LogP contribution is -2.48. The normalized spacial score (nSPS) is 11.6. The van der Waals surface area contributed by atoms with Crippen molar-refractivity contribution in [2.24, 2.45) is 0 Å². The Hall–Kier alpha value is -2.37. The van der Waals surface area contributed by atoms with Gasteiger partial charge in [-0.05, 0) is 29.8 Å². The molecule has 5 nitrogen and oxygen atoms in total. The highest BCUT2D eigenvalue weighted by atomic mass is 35.5. The van der Waals surface area contributed by atoms with Crippen LogP contribution in [0.25, 0.3) is 0 Å². The van der Waals surface area contributed by atoms with E-state index < -0.39 is 6.04 Å². The molecule has 0 saturated carbocycles. The third kappa shape index (κ3) is 5.37. The molecule has 0 aromatic heterocycles. The van der Waals surface area contributed by atoms with Gasteiger partial charge in [0, 0.05) is 23.6 Å². The lowest BCUT2D eigenvalue weighted by Gasteiger charge is -2.18. The summed E-state index contributed by atoms with van der Waals surface area (Å²) in [5, 5.41) is 14.7. The molecule has 0 aliphatic carbocycles. The van der Waals surface area contributed by atoms with Crippen molar-refractivity contribution in [3.8, 4) is 0 Å². The standard InChI is InChI=1S/C18H19ClN2O3/c19-15-8-6-14(7-9-15)17(23)21-16(18(24)20-10-11-22)12-13-4-2-1-3-5-13/h1-9,16,22H,10-12H2,(H,20,24)(H,21,23)/t16-/m1/s1. The third-order valence-corrected chi connectivity index (χ3v) is 3.67. The predicted molar refractivity (Wildman–Crippen MR) is 92.9 cm³/mol. The highest BCUT2D eigenvalue weighted by Gasteiger charge is 2.21. The minimum Gasteiger partial charge on any atom is -0.395 e. The number of hydrogen-bond donors (Lipinski definition) is 3. The number of aliphatic hydroxyl groups excluding tert-OH is 1. The van der Waals surface area contributed by atoms with E-state index in [0.29, 0.717) is 17.0 Å². The highest BCUT2D eigenvalue weighted by Crippen LogP contribution is 2.10. The van der Waals surface area contributed by atoms with E-state index in [1.807, 2.05) is 30.3 Å². The molecule has 24 heavy (non-hydrogen) atoms. The Balaban J connectivity index is 2.10. The van der Waals surface area contributed by atoms with Crippen LogP contribution in [-0.2, 0) is 11.2 Å². The van der Waals surface area contributed by atoms with Crippen LogP contribution in [0, 0.1) is 0 Å². The molecule has 0 radical (unpaired) electrons. The van der Waals surface area contributed by atoms with Crippen molar-refractivity contribution in [2.45, 2.75) is 12.5 Å². The summed E-state index contributed by atoms with van der Waals surface area (Å²) in [5.41, 5.74) is 1.35. The first-order valence-electron chi connectivity index (χ1n) is 7.59. The van der Waals surface area contributed by atoms with Crippen molar-refractivity contribution in [3.05, 3.63) is 70.7 Å². The van der Waals surface area contributed by atoms with Crippen LogP contribution in [0.3, 0.4) is 0 Å². The van der Waals surface area contributed by atoms with Gasteiger partial charge < -0.3 is 15.7 Å². The van der Waals surface area contributed by atoms with Gasteiger partial charge in [-0.1, -0.05) is 41.9 Å². The van der Waals surface area contributed by atoms with Crippen LogP contribution in [0.5, 0.6) is 0 Å². The minimum atomic E-state index is -0.734. The number of carbonyl (C=O) groups is 2. The van der Waals surface area contributed by atoms with Crippen LogP contribution >= 0.6 is 11.6 Å². The molecule has 0 saturated heterocycles. The first-order valence-corrected chi connectivity index (χ1v) is 7.97. The number of aliphatic hydroxyl groups is 1. The Kier molecular flexibility index (Phi) is 6.78. The maximum absolute atomic E-state index is 12.4. The second kappa shape index (κ2) is 9.05. The van der Waals surface area contributed by atoms with Gasteiger partial charge in [0.25, 0.3) is 5.91 Å². The summed E-state index contributed by atoms with van der Waals surface area (Å²) in [4.78, 5) is 24.6. The van der Waals surface area contributed by atoms with Crippen LogP contribution < -0.4 is 10.6 Å². The van der Waals surface area contributed by atoms with Crippen molar-refractivity contribution in [2.75, 3.05) is 13.2 Å². The summed E-state index contributed by atoms with van der Waals surface area (Å²) in [5.74, 6) is -0.693. The van der Waals surface area contributed by atoms with Crippen LogP contribution in [-0.4, -0.2) is 36.1 Å². The quantitative estimate of drug-likeness (QED) is 0.715. The van der Waals surface area contributed by atoms with Gasteiger partial charge in [-0.3, -0.25) is 9.59 Å². The van der Waals surface area contributed by atoms with Crippen molar-refractivity contribution >= 4 is 23.4 Å². The third-order valence-electron chi connectivity index (χ3n) is 3.42. The molecule has 0 heterocycles. The molecule has 6 heteroatoms. The topological polar surface area (TPSA) is 78.4 Å². The summed E-state index contributed by atoms with van der Waals surface area (Å²) in [7, 11) is 0. The molecule has 2 aromatic rings. The van der Waals surface area contributed by atoms with Gasteiger partial charge in [-0.15, -0.1) is 0 Å². The molecular formula is C18H19ClN2O3. The number of amides is 2. The van der Waals surface area contributed by atoms with Crippen molar-refractivity contribution < 1.29 is 14.7 Å². The molecule has 0 fully saturated rings. The number of benzene rings is 2. The molecule has 2 amide bonds. The number of halogens is 1. The average molecular weight is 347 g/mol.